The van der Waals surface area contributed by atoms with Gasteiger partial charge in [-0.1, -0.05) is 41.0 Å². The van der Waals surface area contributed by atoms with Crippen LogP contribution in [0.25, 0.3) is 0 Å². The molecule has 3 N–H and O–H groups in total. The molecular formula is C17H20Cl2N4O5S. The highest BCUT2D eigenvalue weighted by Gasteiger charge is 2.24. The summed E-state index contributed by atoms with van der Waals surface area (Å²) in [5, 5.41) is 24.1. The number of ether oxygens (including phenoxy) is 1. The van der Waals surface area contributed by atoms with E-state index in [1.54, 1.807) is 11.8 Å². The summed E-state index contributed by atoms with van der Waals surface area (Å²) in [5.41, 5.74) is 1.15. The molecule has 1 saturated heterocycles. The summed E-state index contributed by atoms with van der Waals surface area (Å²) < 4.78 is 5.46. The van der Waals surface area contributed by atoms with Crippen molar-refractivity contribution in [3.63, 3.8) is 0 Å². The topological polar surface area (TPSA) is 129 Å². The molecule has 158 valence electrons. The van der Waals surface area contributed by atoms with E-state index in [9.17, 15) is 0 Å². The van der Waals surface area contributed by atoms with E-state index in [4.69, 9.17) is 47.7 Å². The van der Waals surface area contributed by atoms with Crippen LogP contribution < -0.4 is 0 Å². The van der Waals surface area contributed by atoms with Crippen molar-refractivity contribution < 1.29 is 24.5 Å². The Bertz CT molecular complexity index is 833. The van der Waals surface area contributed by atoms with Crippen LogP contribution in [0.5, 0.6) is 0 Å². The lowest BCUT2D eigenvalue weighted by atomic mass is 10.1. The number of nitrogens with one attached hydrogen (secondary N) is 1. The average molecular weight is 463 g/mol. The van der Waals surface area contributed by atoms with Crippen LogP contribution in [-0.4, -0.2) is 73.9 Å². The summed E-state index contributed by atoms with van der Waals surface area (Å²) in [4.78, 5) is 25.0. The van der Waals surface area contributed by atoms with Crippen LogP contribution in [0.2, 0.25) is 10.0 Å². The number of aromatic amines is 1. The zero-order chi connectivity index (χ0) is 21.4. The fourth-order valence-electron chi connectivity index (χ4n) is 2.48. The van der Waals surface area contributed by atoms with Crippen molar-refractivity contribution in [3.05, 3.63) is 39.6 Å². The molecule has 1 aromatic heterocycles. The number of carboxylic acid groups (broad SMARTS) is 2. The van der Waals surface area contributed by atoms with Gasteiger partial charge >= 0.3 is 11.9 Å². The van der Waals surface area contributed by atoms with Gasteiger partial charge in [0.25, 0.3) is 0 Å². The van der Waals surface area contributed by atoms with Crippen molar-refractivity contribution in [2.75, 3.05) is 26.3 Å². The van der Waals surface area contributed by atoms with Crippen LogP contribution >= 0.6 is 35.0 Å². The van der Waals surface area contributed by atoms with Gasteiger partial charge in [0.15, 0.2) is 0 Å². The van der Waals surface area contributed by atoms with Gasteiger partial charge in [0, 0.05) is 13.1 Å². The van der Waals surface area contributed by atoms with Crippen molar-refractivity contribution in [3.8, 4) is 0 Å². The molecule has 1 unspecified atom stereocenters. The first kappa shape index (κ1) is 23.4. The number of rotatable bonds is 5. The molecule has 2 heterocycles. The number of halogens is 2. The number of aliphatic carboxylic acids is 2. The lowest BCUT2D eigenvalue weighted by Gasteiger charge is -2.33. The van der Waals surface area contributed by atoms with Crippen molar-refractivity contribution >= 4 is 46.9 Å². The Balaban J connectivity index is 0.000000438. The molecule has 0 amide bonds. The summed E-state index contributed by atoms with van der Waals surface area (Å²) in [6.07, 6.45) is 0.842. The molecule has 1 aromatic carbocycles. The number of morpholine rings is 1. The maximum absolute atomic E-state index is 9.10. The SMILES string of the molecule is Cc1nc(SC(Cc2ccc(Cl)c(Cl)c2)N2CCOCC2)n[nH]1.O=C(O)C(=O)O. The molecule has 12 heteroatoms. The first-order valence-electron chi connectivity index (χ1n) is 8.54. The first-order chi connectivity index (χ1) is 13.8. The fraction of sp³-hybridized carbons (Fsp3) is 0.412. The number of aromatic nitrogens is 3. The van der Waals surface area contributed by atoms with Gasteiger partial charge in [-0.15, -0.1) is 5.10 Å². The Kier molecular flexibility index (Phi) is 9.18. The minimum absolute atomic E-state index is 0.228. The number of benzene rings is 1. The highest BCUT2D eigenvalue weighted by atomic mass is 35.5. The molecule has 9 nitrogen and oxygen atoms in total. The van der Waals surface area contributed by atoms with E-state index in [2.05, 4.69) is 20.1 Å². The molecule has 1 fully saturated rings. The number of H-pyrrole nitrogens is 1. The second-order valence-electron chi connectivity index (χ2n) is 5.99. The van der Waals surface area contributed by atoms with Crippen molar-refractivity contribution in [2.45, 2.75) is 23.9 Å². The molecule has 0 bridgehead atoms. The Hall–Kier alpha value is -1.85. The van der Waals surface area contributed by atoms with Crippen LogP contribution in [-0.2, 0) is 20.7 Å². The molecule has 3 rings (SSSR count). The largest absolute Gasteiger partial charge is 0.473 e. The molecule has 0 aliphatic carbocycles. The molecule has 1 atom stereocenters. The van der Waals surface area contributed by atoms with Crippen molar-refractivity contribution in [2.24, 2.45) is 0 Å². The number of carboxylic acids is 2. The third-order valence-corrected chi connectivity index (χ3v) is 5.72. The van der Waals surface area contributed by atoms with E-state index >= 15 is 0 Å². The second kappa shape index (κ2) is 11.4. The predicted molar refractivity (Wildman–Crippen MR) is 109 cm³/mol. The fourth-order valence-corrected chi connectivity index (χ4v) is 3.96. The van der Waals surface area contributed by atoms with E-state index in [1.165, 1.54) is 0 Å². The zero-order valence-corrected chi connectivity index (χ0v) is 17.8. The molecule has 0 radical (unpaired) electrons. The van der Waals surface area contributed by atoms with E-state index in [0.717, 1.165) is 49.3 Å². The summed E-state index contributed by atoms with van der Waals surface area (Å²) in [5.74, 6) is -2.83. The Morgan fingerprint density at radius 3 is 2.41 bits per heavy atom. The predicted octanol–water partition coefficient (Wildman–Crippen LogP) is 2.57. The van der Waals surface area contributed by atoms with E-state index in [-0.39, 0.29) is 5.37 Å². The van der Waals surface area contributed by atoms with E-state index in [0.29, 0.717) is 10.0 Å². The van der Waals surface area contributed by atoms with Gasteiger partial charge in [0.05, 0.1) is 28.6 Å². The Morgan fingerprint density at radius 1 is 1.24 bits per heavy atom. The second-order valence-corrected chi connectivity index (χ2v) is 7.95. The summed E-state index contributed by atoms with van der Waals surface area (Å²) >= 11 is 13.8. The van der Waals surface area contributed by atoms with Crippen LogP contribution in [0.1, 0.15) is 11.4 Å². The summed E-state index contributed by atoms with van der Waals surface area (Å²) in [6.45, 7) is 5.22. The highest BCUT2D eigenvalue weighted by molar-refractivity contribution is 7.99. The van der Waals surface area contributed by atoms with Gasteiger partial charge in [-0.3, -0.25) is 10.00 Å². The molecule has 1 aliphatic rings. The van der Waals surface area contributed by atoms with E-state index < -0.39 is 11.9 Å². The number of aryl methyl sites for hydroxylation is 1. The molecule has 0 spiro atoms. The molecule has 1 aliphatic heterocycles. The first-order valence-corrected chi connectivity index (χ1v) is 10.2. The van der Waals surface area contributed by atoms with Crippen molar-refractivity contribution in [1.29, 1.82) is 0 Å². The minimum atomic E-state index is -1.82. The van der Waals surface area contributed by atoms with Crippen LogP contribution in [0.3, 0.4) is 0 Å². The number of thioether (sulfide) groups is 1. The lowest BCUT2D eigenvalue weighted by Crippen LogP contribution is -2.43. The maximum atomic E-state index is 9.10. The normalized spacial score (nSPS) is 15.3. The number of hydrogen-bond acceptors (Lipinski definition) is 7. The third-order valence-electron chi connectivity index (χ3n) is 3.85. The smallest absolute Gasteiger partial charge is 0.414 e. The van der Waals surface area contributed by atoms with Gasteiger partial charge in [0.2, 0.25) is 5.16 Å². The quantitative estimate of drug-likeness (QED) is 0.453. The van der Waals surface area contributed by atoms with Gasteiger partial charge in [0.1, 0.15) is 5.82 Å². The molecule has 0 saturated carbocycles. The summed E-state index contributed by atoms with van der Waals surface area (Å²) in [6, 6.07) is 5.80. The average Bonchev–Trinajstić information content (AvgIpc) is 3.10. The molecular weight excluding hydrogens is 443 g/mol. The van der Waals surface area contributed by atoms with E-state index in [1.807, 2.05) is 25.1 Å². The van der Waals surface area contributed by atoms with Crippen LogP contribution in [0.4, 0.5) is 0 Å². The van der Waals surface area contributed by atoms with Gasteiger partial charge in [-0.2, -0.15) is 0 Å². The standard InChI is InChI=1S/C15H18Cl2N4OS.C2H2O4/c1-10-18-15(20-19-10)23-14(21-4-6-22-7-5-21)9-11-2-3-12(16)13(17)8-11;3-1(4)2(5)6/h2-3,8,14H,4-7,9H2,1H3,(H,18,19,20);(H,3,4)(H,5,6). The van der Waals surface area contributed by atoms with Crippen LogP contribution in [0.15, 0.2) is 23.4 Å². The zero-order valence-electron chi connectivity index (χ0n) is 15.5. The van der Waals surface area contributed by atoms with Crippen LogP contribution in [0, 0.1) is 6.92 Å². The minimum Gasteiger partial charge on any atom is -0.473 e. The number of hydrogen-bond donors (Lipinski definition) is 3. The maximum Gasteiger partial charge on any atom is 0.414 e. The van der Waals surface area contributed by atoms with Crippen molar-refractivity contribution in [1.82, 2.24) is 20.1 Å². The monoisotopic (exact) mass is 462 g/mol. The third kappa shape index (κ3) is 7.82. The number of carbonyl (C=O) groups is 2. The Morgan fingerprint density at radius 2 is 1.90 bits per heavy atom. The molecule has 2 aromatic rings. The van der Waals surface area contributed by atoms with Gasteiger partial charge in [-0.25, -0.2) is 14.6 Å². The summed E-state index contributed by atoms with van der Waals surface area (Å²) in [7, 11) is 0. The van der Waals surface area contributed by atoms with Gasteiger partial charge in [-0.05, 0) is 31.0 Å². The lowest BCUT2D eigenvalue weighted by molar-refractivity contribution is -0.159. The highest BCUT2D eigenvalue weighted by Crippen LogP contribution is 2.29. The Labute approximate surface area is 181 Å². The van der Waals surface area contributed by atoms with Gasteiger partial charge < -0.3 is 14.9 Å². The number of nitrogens with zero attached hydrogens (tertiary/aromatic N) is 3. The molecule has 29 heavy (non-hydrogen) atoms.